The van der Waals surface area contributed by atoms with E-state index < -0.39 is 10.0 Å². The van der Waals surface area contributed by atoms with E-state index in [1.165, 1.54) is 24.3 Å². The van der Waals surface area contributed by atoms with Gasteiger partial charge in [-0.25, -0.2) is 13.1 Å². The maximum Gasteiger partial charge on any atom is 0.240 e. The Kier molecular flexibility index (Phi) is 5.32. The van der Waals surface area contributed by atoms with Crippen LogP contribution in [0.4, 0.5) is 0 Å². The Bertz CT molecular complexity index is 745. The van der Waals surface area contributed by atoms with Crippen LogP contribution < -0.4 is 4.72 Å². The van der Waals surface area contributed by atoms with Gasteiger partial charge in [-0.15, -0.1) is 11.3 Å². The van der Waals surface area contributed by atoms with Crippen LogP contribution in [0.5, 0.6) is 0 Å². The smallest absolute Gasteiger partial charge is 0.240 e. The third-order valence-corrected chi connectivity index (χ3v) is 5.67. The highest BCUT2D eigenvalue weighted by Gasteiger charge is 2.20. The number of sulfonamides is 1. The molecule has 2 aromatic rings. The van der Waals surface area contributed by atoms with E-state index in [0.29, 0.717) is 5.56 Å². The molecule has 1 aromatic heterocycles. The molecule has 22 heavy (non-hydrogen) atoms. The zero-order valence-corrected chi connectivity index (χ0v) is 14.0. The Morgan fingerprint density at radius 1 is 1.27 bits per heavy atom. The van der Waals surface area contributed by atoms with E-state index in [2.05, 4.69) is 4.72 Å². The standard InChI is InChI=1S/C15H17N3O2S2/c1-18(2)14(15-4-3-9-21-15)11-17-22(19,20)13-7-5-12(10-16)6-8-13/h3-9,14,17H,11H2,1-2H3/t14-/m0/s1. The highest BCUT2D eigenvalue weighted by Crippen LogP contribution is 2.23. The predicted molar refractivity (Wildman–Crippen MR) is 87.1 cm³/mol. The van der Waals surface area contributed by atoms with Gasteiger partial charge in [0, 0.05) is 11.4 Å². The molecule has 5 nitrogen and oxygen atoms in total. The molecule has 0 saturated heterocycles. The minimum atomic E-state index is -3.59. The molecule has 0 fully saturated rings. The van der Waals surface area contributed by atoms with Gasteiger partial charge in [0.1, 0.15) is 0 Å². The van der Waals surface area contributed by atoms with Gasteiger partial charge in [0.15, 0.2) is 0 Å². The normalized spacial score (nSPS) is 13.0. The van der Waals surface area contributed by atoms with Crippen molar-refractivity contribution in [2.75, 3.05) is 20.6 Å². The second kappa shape index (κ2) is 7.03. The van der Waals surface area contributed by atoms with E-state index in [9.17, 15) is 8.42 Å². The number of nitrogens with one attached hydrogen (secondary N) is 1. The second-order valence-electron chi connectivity index (χ2n) is 4.98. The third-order valence-electron chi connectivity index (χ3n) is 3.26. The SMILES string of the molecule is CN(C)[C@@H](CNS(=O)(=O)c1ccc(C#N)cc1)c1cccs1. The molecule has 0 spiro atoms. The van der Waals surface area contributed by atoms with Crippen molar-refractivity contribution in [2.24, 2.45) is 0 Å². The van der Waals surface area contributed by atoms with Crippen LogP contribution in [-0.4, -0.2) is 34.0 Å². The van der Waals surface area contributed by atoms with Crippen molar-refractivity contribution < 1.29 is 8.42 Å². The molecular formula is C15H17N3O2S2. The van der Waals surface area contributed by atoms with Gasteiger partial charge in [-0.3, -0.25) is 0 Å². The number of nitriles is 1. The number of likely N-dealkylation sites (N-methyl/N-ethyl adjacent to an activating group) is 1. The number of hydrogen-bond donors (Lipinski definition) is 1. The van der Waals surface area contributed by atoms with Crippen molar-refractivity contribution >= 4 is 21.4 Å². The summed E-state index contributed by atoms with van der Waals surface area (Å²) >= 11 is 1.60. The van der Waals surface area contributed by atoms with Crippen LogP contribution in [0.3, 0.4) is 0 Å². The van der Waals surface area contributed by atoms with Gasteiger partial charge < -0.3 is 4.90 Å². The summed E-state index contributed by atoms with van der Waals surface area (Å²) in [7, 11) is 0.248. The Balaban J connectivity index is 2.12. The average Bonchev–Trinajstić information content (AvgIpc) is 3.01. The van der Waals surface area contributed by atoms with Crippen molar-refractivity contribution in [3.8, 4) is 6.07 Å². The Hall–Kier alpha value is -1.72. The topological polar surface area (TPSA) is 73.2 Å². The highest BCUT2D eigenvalue weighted by atomic mass is 32.2. The molecule has 0 radical (unpaired) electrons. The second-order valence-corrected chi connectivity index (χ2v) is 7.73. The molecule has 0 aliphatic rings. The van der Waals surface area contributed by atoms with Crippen molar-refractivity contribution in [1.29, 1.82) is 5.26 Å². The summed E-state index contributed by atoms with van der Waals surface area (Å²) in [6.45, 7) is 0.288. The Morgan fingerprint density at radius 2 is 1.95 bits per heavy atom. The summed E-state index contributed by atoms with van der Waals surface area (Å²) in [5.74, 6) is 0. The van der Waals surface area contributed by atoms with Crippen LogP contribution in [0.15, 0.2) is 46.7 Å². The first kappa shape index (κ1) is 16.6. The maximum atomic E-state index is 12.3. The minimum Gasteiger partial charge on any atom is -0.300 e. The fraction of sp³-hybridized carbons (Fsp3) is 0.267. The molecule has 7 heteroatoms. The van der Waals surface area contributed by atoms with Crippen molar-refractivity contribution in [2.45, 2.75) is 10.9 Å². The number of benzene rings is 1. The van der Waals surface area contributed by atoms with Gasteiger partial charge in [0.05, 0.1) is 22.6 Å². The first-order chi connectivity index (χ1) is 10.4. The molecule has 1 heterocycles. The zero-order chi connectivity index (χ0) is 16.2. The minimum absolute atomic E-state index is 0.0202. The van der Waals surface area contributed by atoms with Crippen LogP contribution in [0.2, 0.25) is 0 Å². The van der Waals surface area contributed by atoms with Crippen molar-refractivity contribution in [3.63, 3.8) is 0 Å². The van der Waals surface area contributed by atoms with E-state index in [1.807, 2.05) is 42.6 Å². The van der Waals surface area contributed by atoms with Gasteiger partial charge in [-0.2, -0.15) is 5.26 Å². The molecule has 1 N–H and O–H groups in total. The molecule has 0 aliphatic heterocycles. The summed E-state index contributed by atoms with van der Waals surface area (Å²) < 4.78 is 27.3. The fourth-order valence-electron chi connectivity index (χ4n) is 2.00. The summed E-state index contributed by atoms with van der Waals surface area (Å²) in [4.78, 5) is 3.25. The molecule has 2 rings (SSSR count). The summed E-state index contributed by atoms with van der Waals surface area (Å²) in [5.41, 5.74) is 0.434. The molecule has 1 atom stereocenters. The summed E-state index contributed by atoms with van der Waals surface area (Å²) in [5, 5.41) is 10.7. The predicted octanol–water partition coefficient (Wildman–Crippen LogP) is 2.20. The maximum absolute atomic E-state index is 12.3. The third kappa shape index (κ3) is 3.93. The lowest BCUT2D eigenvalue weighted by atomic mass is 10.2. The van der Waals surface area contributed by atoms with Crippen molar-refractivity contribution in [3.05, 3.63) is 52.2 Å². The lowest BCUT2D eigenvalue weighted by Crippen LogP contribution is -2.34. The van der Waals surface area contributed by atoms with Gasteiger partial charge >= 0.3 is 0 Å². The average molecular weight is 335 g/mol. The molecule has 0 unspecified atom stereocenters. The molecular weight excluding hydrogens is 318 g/mol. The van der Waals surface area contributed by atoms with Crippen LogP contribution in [0.25, 0.3) is 0 Å². The molecule has 116 valence electrons. The number of hydrogen-bond acceptors (Lipinski definition) is 5. The van der Waals surface area contributed by atoms with E-state index >= 15 is 0 Å². The Labute approximate surface area is 134 Å². The molecule has 0 bridgehead atoms. The van der Waals surface area contributed by atoms with E-state index in [1.54, 1.807) is 11.3 Å². The summed E-state index contributed by atoms with van der Waals surface area (Å²) in [6.07, 6.45) is 0. The van der Waals surface area contributed by atoms with Gasteiger partial charge in [-0.05, 0) is 49.8 Å². The number of nitrogens with zero attached hydrogens (tertiary/aromatic N) is 2. The van der Waals surface area contributed by atoms with E-state index in [0.717, 1.165) is 4.88 Å². The van der Waals surface area contributed by atoms with Crippen molar-refractivity contribution in [1.82, 2.24) is 9.62 Å². The highest BCUT2D eigenvalue weighted by molar-refractivity contribution is 7.89. The quantitative estimate of drug-likeness (QED) is 0.878. The monoisotopic (exact) mass is 335 g/mol. The number of rotatable bonds is 6. The van der Waals surface area contributed by atoms with Gasteiger partial charge in [0.25, 0.3) is 0 Å². The molecule has 1 aromatic carbocycles. The van der Waals surface area contributed by atoms with Gasteiger partial charge in [0.2, 0.25) is 10.0 Å². The lowest BCUT2D eigenvalue weighted by Gasteiger charge is -2.23. The lowest BCUT2D eigenvalue weighted by molar-refractivity contribution is 0.303. The van der Waals surface area contributed by atoms with Crippen LogP contribution in [0, 0.1) is 11.3 Å². The molecule has 0 aliphatic carbocycles. The number of thiophene rings is 1. The Morgan fingerprint density at radius 3 is 2.45 bits per heavy atom. The van der Waals surface area contributed by atoms with E-state index in [-0.39, 0.29) is 17.5 Å². The zero-order valence-electron chi connectivity index (χ0n) is 12.4. The largest absolute Gasteiger partial charge is 0.300 e. The molecule has 0 amide bonds. The van der Waals surface area contributed by atoms with Crippen LogP contribution >= 0.6 is 11.3 Å². The molecule has 0 saturated carbocycles. The first-order valence-corrected chi connectivity index (χ1v) is 9.00. The van der Waals surface area contributed by atoms with Crippen LogP contribution in [-0.2, 0) is 10.0 Å². The van der Waals surface area contributed by atoms with Gasteiger partial charge in [-0.1, -0.05) is 6.07 Å². The fourth-order valence-corrected chi connectivity index (χ4v) is 3.96. The summed E-state index contributed by atoms with van der Waals surface area (Å²) in [6, 6.07) is 11.8. The first-order valence-electron chi connectivity index (χ1n) is 6.63. The van der Waals surface area contributed by atoms with E-state index in [4.69, 9.17) is 5.26 Å². The van der Waals surface area contributed by atoms with Crippen LogP contribution in [0.1, 0.15) is 16.5 Å².